The highest BCUT2D eigenvalue weighted by molar-refractivity contribution is 6.35. The highest BCUT2D eigenvalue weighted by atomic mass is 35.5. The average Bonchev–Trinajstić information content (AvgIpc) is 2.93. The summed E-state index contributed by atoms with van der Waals surface area (Å²) in [7, 11) is 0. The number of amides is 1. The molecule has 22 heavy (non-hydrogen) atoms. The summed E-state index contributed by atoms with van der Waals surface area (Å²) >= 11 is 12.0. The van der Waals surface area contributed by atoms with Crippen LogP contribution in [0.1, 0.15) is 16.1 Å². The molecule has 3 aromatic rings. The van der Waals surface area contributed by atoms with E-state index in [2.05, 4.69) is 15.5 Å². The van der Waals surface area contributed by atoms with E-state index >= 15 is 0 Å². The summed E-state index contributed by atoms with van der Waals surface area (Å²) < 4.78 is 0. The Hall–Kier alpha value is -2.04. The number of para-hydroxylation sites is 1. The SMILES string of the molecule is O=C(NCCc1ccc(Cl)cc1Cl)c1n[nH]c2ccccc12. The summed E-state index contributed by atoms with van der Waals surface area (Å²) in [5.74, 6) is -0.206. The first-order valence-electron chi connectivity index (χ1n) is 6.80. The van der Waals surface area contributed by atoms with Crippen molar-refractivity contribution in [3.8, 4) is 0 Å². The summed E-state index contributed by atoms with van der Waals surface area (Å²) in [5, 5.41) is 11.8. The maximum atomic E-state index is 12.2. The standard InChI is InChI=1S/C16H13Cl2N3O/c17-11-6-5-10(13(18)9-11)7-8-19-16(22)15-12-3-1-2-4-14(12)20-21-15/h1-6,9H,7-8H2,(H,19,22)(H,20,21). The van der Waals surface area contributed by atoms with Crippen LogP contribution < -0.4 is 5.32 Å². The Kier molecular flexibility index (Phi) is 4.32. The van der Waals surface area contributed by atoms with Gasteiger partial charge in [0.05, 0.1) is 5.52 Å². The number of carbonyl (C=O) groups is 1. The number of rotatable bonds is 4. The first-order valence-corrected chi connectivity index (χ1v) is 7.56. The van der Waals surface area contributed by atoms with Crippen LogP contribution in [-0.4, -0.2) is 22.6 Å². The molecule has 0 radical (unpaired) electrons. The van der Waals surface area contributed by atoms with Gasteiger partial charge in [0.2, 0.25) is 0 Å². The molecule has 0 atom stereocenters. The van der Waals surface area contributed by atoms with Crippen molar-refractivity contribution in [3.05, 3.63) is 63.8 Å². The first kappa shape index (κ1) is 14.9. The number of hydrogen-bond donors (Lipinski definition) is 2. The summed E-state index contributed by atoms with van der Waals surface area (Å²) in [6, 6.07) is 12.9. The Balaban J connectivity index is 1.65. The van der Waals surface area contributed by atoms with Crippen molar-refractivity contribution in [2.45, 2.75) is 6.42 Å². The van der Waals surface area contributed by atoms with Gasteiger partial charge in [-0.2, -0.15) is 5.10 Å². The van der Waals surface area contributed by atoms with Crippen LogP contribution in [0.3, 0.4) is 0 Å². The van der Waals surface area contributed by atoms with Crippen LogP contribution in [0.25, 0.3) is 10.9 Å². The van der Waals surface area contributed by atoms with Gasteiger partial charge in [-0.25, -0.2) is 0 Å². The Bertz CT molecular complexity index is 829. The molecule has 0 saturated heterocycles. The molecule has 112 valence electrons. The van der Waals surface area contributed by atoms with Gasteiger partial charge < -0.3 is 5.32 Å². The number of nitrogens with zero attached hydrogens (tertiary/aromatic N) is 1. The molecule has 0 unspecified atom stereocenters. The van der Waals surface area contributed by atoms with Gasteiger partial charge in [0.25, 0.3) is 5.91 Å². The zero-order valence-electron chi connectivity index (χ0n) is 11.6. The molecule has 1 amide bonds. The van der Waals surface area contributed by atoms with E-state index in [0.29, 0.717) is 28.7 Å². The van der Waals surface area contributed by atoms with E-state index in [1.165, 1.54) is 0 Å². The number of hydrogen-bond acceptors (Lipinski definition) is 2. The summed E-state index contributed by atoms with van der Waals surface area (Å²) in [5.41, 5.74) is 2.18. The fraction of sp³-hybridized carbons (Fsp3) is 0.125. The van der Waals surface area contributed by atoms with Crippen molar-refractivity contribution in [1.82, 2.24) is 15.5 Å². The maximum absolute atomic E-state index is 12.2. The number of benzene rings is 2. The van der Waals surface area contributed by atoms with Crippen molar-refractivity contribution in [2.24, 2.45) is 0 Å². The third-order valence-electron chi connectivity index (χ3n) is 3.38. The Morgan fingerprint density at radius 1 is 1.18 bits per heavy atom. The molecule has 1 aromatic heterocycles. The molecule has 0 saturated carbocycles. The zero-order chi connectivity index (χ0) is 15.5. The minimum absolute atomic E-state index is 0.206. The van der Waals surface area contributed by atoms with Crippen molar-refractivity contribution in [1.29, 1.82) is 0 Å². The predicted octanol–water partition coefficient (Wildman–Crippen LogP) is 3.84. The number of fused-ring (bicyclic) bond motifs is 1. The van der Waals surface area contributed by atoms with E-state index in [1.54, 1.807) is 12.1 Å². The van der Waals surface area contributed by atoms with Crippen LogP contribution >= 0.6 is 23.2 Å². The van der Waals surface area contributed by atoms with Crippen LogP contribution in [-0.2, 0) is 6.42 Å². The van der Waals surface area contributed by atoms with Crippen LogP contribution in [0.5, 0.6) is 0 Å². The molecule has 1 heterocycles. The molecular weight excluding hydrogens is 321 g/mol. The molecular formula is C16H13Cl2N3O. The van der Waals surface area contributed by atoms with Gasteiger partial charge in [-0.3, -0.25) is 9.89 Å². The quantitative estimate of drug-likeness (QED) is 0.762. The fourth-order valence-electron chi connectivity index (χ4n) is 2.26. The number of aromatic amines is 1. The molecule has 0 aliphatic carbocycles. The zero-order valence-corrected chi connectivity index (χ0v) is 13.1. The maximum Gasteiger partial charge on any atom is 0.272 e. The van der Waals surface area contributed by atoms with Gasteiger partial charge in [-0.15, -0.1) is 0 Å². The van der Waals surface area contributed by atoms with E-state index in [0.717, 1.165) is 16.5 Å². The minimum Gasteiger partial charge on any atom is -0.350 e. The minimum atomic E-state index is -0.206. The molecule has 0 spiro atoms. The first-order chi connectivity index (χ1) is 10.6. The molecule has 0 fully saturated rings. The Morgan fingerprint density at radius 2 is 2.00 bits per heavy atom. The van der Waals surface area contributed by atoms with E-state index < -0.39 is 0 Å². The van der Waals surface area contributed by atoms with E-state index in [1.807, 2.05) is 30.3 Å². The second-order valence-corrected chi connectivity index (χ2v) is 5.70. The van der Waals surface area contributed by atoms with E-state index in [9.17, 15) is 4.79 Å². The molecule has 2 aromatic carbocycles. The molecule has 3 rings (SSSR count). The third-order valence-corrected chi connectivity index (χ3v) is 3.97. The number of nitrogens with one attached hydrogen (secondary N) is 2. The molecule has 0 aliphatic rings. The van der Waals surface area contributed by atoms with Crippen LogP contribution in [0.15, 0.2) is 42.5 Å². The van der Waals surface area contributed by atoms with Crippen molar-refractivity contribution < 1.29 is 4.79 Å². The summed E-state index contributed by atoms with van der Waals surface area (Å²) in [4.78, 5) is 12.2. The van der Waals surface area contributed by atoms with Gasteiger partial charge in [-0.1, -0.05) is 47.5 Å². The topological polar surface area (TPSA) is 57.8 Å². The molecule has 0 bridgehead atoms. The van der Waals surface area contributed by atoms with Crippen molar-refractivity contribution >= 4 is 40.0 Å². The second-order valence-electron chi connectivity index (χ2n) is 4.86. The molecule has 6 heteroatoms. The van der Waals surface area contributed by atoms with Gasteiger partial charge in [0, 0.05) is 22.0 Å². The smallest absolute Gasteiger partial charge is 0.272 e. The summed E-state index contributed by atoms with van der Waals surface area (Å²) in [6.07, 6.45) is 0.629. The van der Waals surface area contributed by atoms with Gasteiger partial charge >= 0.3 is 0 Å². The lowest BCUT2D eigenvalue weighted by molar-refractivity contribution is 0.0950. The lowest BCUT2D eigenvalue weighted by atomic mass is 10.1. The highest BCUT2D eigenvalue weighted by Gasteiger charge is 2.13. The van der Waals surface area contributed by atoms with Gasteiger partial charge in [-0.05, 0) is 30.2 Å². The second kappa shape index (κ2) is 6.38. The largest absolute Gasteiger partial charge is 0.350 e. The number of H-pyrrole nitrogens is 1. The number of carbonyl (C=O) groups excluding carboxylic acids is 1. The third kappa shape index (κ3) is 3.08. The monoisotopic (exact) mass is 333 g/mol. The lowest BCUT2D eigenvalue weighted by Gasteiger charge is -2.06. The number of aromatic nitrogens is 2. The molecule has 4 nitrogen and oxygen atoms in total. The van der Waals surface area contributed by atoms with Gasteiger partial charge in [0.15, 0.2) is 5.69 Å². The van der Waals surface area contributed by atoms with Crippen LogP contribution in [0, 0.1) is 0 Å². The highest BCUT2D eigenvalue weighted by Crippen LogP contribution is 2.21. The average molecular weight is 334 g/mol. The van der Waals surface area contributed by atoms with E-state index in [-0.39, 0.29) is 5.91 Å². The normalized spacial score (nSPS) is 10.8. The molecule has 2 N–H and O–H groups in total. The fourth-order valence-corrected chi connectivity index (χ4v) is 2.76. The number of halogens is 2. The Labute approximate surface area is 137 Å². The Morgan fingerprint density at radius 3 is 2.82 bits per heavy atom. The van der Waals surface area contributed by atoms with Gasteiger partial charge in [0.1, 0.15) is 0 Å². The summed E-state index contributed by atoms with van der Waals surface area (Å²) in [6.45, 7) is 0.474. The van der Waals surface area contributed by atoms with Crippen LogP contribution in [0.2, 0.25) is 10.0 Å². The lowest BCUT2D eigenvalue weighted by Crippen LogP contribution is -2.26. The van der Waals surface area contributed by atoms with E-state index in [4.69, 9.17) is 23.2 Å². The molecule has 0 aliphatic heterocycles. The van der Waals surface area contributed by atoms with Crippen molar-refractivity contribution in [3.63, 3.8) is 0 Å². The predicted molar refractivity (Wildman–Crippen MR) is 88.6 cm³/mol. The van der Waals surface area contributed by atoms with Crippen LogP contribution in [0.4, 0.5) is 0 Å². The van der Waals surface area contributed by atoms with Crippen molar-refractivity contribution in [2.75, 3.05) is 6.54 Å².